The molecule has 1 aliphatic heterocycles. The normalized spacial score (nSPS) is 15.4. The second-order valence-electron chi connectivity index (χ2n) is 7.18. The standard InChI is InChI=1S/C20H29N5O3/c1-13(2)28-18-11-14(27-9-8-25-6-4-5-7-25)10-16-15(18)12-17(23-16)19(26)24-20(21)22-3/h10-13,23H,4-9H2,1-3H3,(H3,21,22,24,26). The van der Waals surface area contributed by atoms with E-state index in [9.17, 15) is 4.79 Å². The third-order valence-electron chi connectivity index (χ3n) is 4.62. The number of likely N-dealkylation sites (tertiary alicyclic amines) is 1. The number of hydrogen-bond donors (Lipinski definition) is 3. The van der Waals surface area contributed by atoms with E-state index in [4.69, 9.17) is 15.2 Å². The number of aliphatic imine (C=N–C) groups is 1. The number of nitrogens with one attached hydrogen (secondary N) is 2. The summed E-state index contributed by atoms with van der Waals surface area (Å²) in [6, 6.07) is 5.49. The lowest BCUT2D eigenvalue weighted by Crippen LogP contribution is -2.28. The van der Waals surface area contributed by atoms with Crippen molar-refractivity contribution in [1.82, 2.24) is 15.2 Å². The molecule has 1 saturated heterocycles. The highest BCUT2D eigenvalue weighted by Gasteiger charge is 2.16. The van der Waals surface area contributed by atoms with Crippen LogP contribution in [0.25, 0.3) is 10.9 Å². The fourth-order valence-electron chi connectivity index (χ4n) is 3.25. The Balaban J connectivity index is 1.83. The highest BCUT2D eigenvalue weighted by molar-refractivity contribution is 6.04. The number of nitrogens with zero attached hydrogens (tertiary/aromatic N) is 2. The van der Waals surface area contributed by atoms with Gasteiger partial charge in [0, 0.05) is 31.1 Å². The van der Waals surface area contributed by atoms with Gasteiger partial charge in [-0.3, -0.25) is 9.69 Å². The fraction of sp³-hybridized carbons (Fsp3) is 0.500. The summed E-state index contributed by atoms with van der Waals surface area (Å²) in [7, 11) is 1.61. The summed E-state index contributed by atoms with van der Waals surface area (Å²) in [6.07, 6.45) is 2.52. The minimum atomic E-state index is -0.449. The number of carbonyl (C=O) groups excluding carboxylic acids is 1. The van der Waals surface area contributed by atoms with Crippen LogP contribution < -0.4 is 20.5 Å². The number of nitrogens with two attached hydrogens (primary N) is 1. The van der Waals surface area contributed by atoms with Crippen molar-refractivity contribution in [2.75, 3.05) is 33.3 Å². The van der Waals surface area contributed by atoms with Gasteiger partial charge in [0.05, 0.1) is 11.6 Å². The summed E-state index contributed by atoms with van der Waals surface area (Å²) >= 11 is 0. The van der Waals surface area contributed by atoms with Crippen molar-refractivity contribution in [2.24, 2.45) is 10.7 Å². The third kappa shape index (κ3) is 4.95. The Bertz CT molecular complexity index is 853. The molecule has 0 aliphatic carbocycles. The van der Waals surface area contributed by atoms with Crippen LogP contribution in [0.3, 0.4) is 0 Å². The first kappa shape index (κ1) is 20.0. The molecule has 0 atom stereocenters. The van der Waals surface area contributed by atoms with Crippen molar-refractivity contribution in [3.05, 3.63) is 23.9 Å². The summed E-state index contributed by atoms with van der Waals surface area (Å²) in [5.74, 6) is 0.995. The van der Waals surface area contributed by atoms with Gasteiger partial charge in [0.25, 0.3) is 5.91 Å². The molecule has 0 bridgehead atoms. The summed E-state index contributed by atoms with van der Waals surface area (Å²) in [6.45, 7) is 7.73. The van der Waals surface area contributed by atoms with E-state index in [2.05, 4.69) is 20.2 Å². The molecule has 1 fully saturated rings. The van der Waals surface area contributed by atoms with Gasteiger partial charge in [-0.1, -0.05) is 0 Å². The number of ether oxygens (including phenoxy) is 2. The van der Waals surface area contributed by atoms with E-state index in [0.717, 1.165) is 30.5 Å². The molecule has 1 aromatic heterocycles. The van der Waals surface area contributed by atoms with E-state index >= 15 is 0 Å². The maximum Gasteiger partial charge on any atom is 0.296 e. The maximum absolute atomic E-state index is 12.3. The van der Waals surface area contributed by atoms with Gasteiger partial charge in [0.15, 0.2) is 5.96 Å². The average molecular weight is 387 g/mol. The van der Waals surface area contributed by atoms with Gasteiger partial charge in [-0.15, -0.1) is 0 Å². The molecule has 1 amide bonds. The van der Waals surface area contributed by atoms with Gasteiger partial charge >= 0.3 is 0 Å². The van der Waals surface area contributed by atoms with E-state index in [0.29, 0.717) is 23.8 Å². The smallest absolute Gasteiger partial charge is 0.296 e. The molecule has 1 aromatic carbocycles. The Morgan fingerprint density at radius 3 is 2.75 bits per heavy atom. The average Bonchev–Trinajstić information content (AvgIpc) is 3.30. The second-order valence-corrected chi connectivity index (χ2v) is 7.18. The van der Waals surface area contributed by atoms with Crippen molar-refractivity contribution in [2.45, 2.75) is 32.8 Å². The monoisotopic (exact) mass is 387 g/mol. The lowest BCUT2D eigenvalue weighted by molar-refractivity contribution is 0.0998. The SMILES string of the molecule is CNC(N)=NC(=O)c1cc2c(OC(C)C)cc(OCCN3CCCC3)cc2[nH]1. The number of aromatic amines is 1. The largest absolute Gasteiger partial charge is 0.492 e. The Morgan fingerprint density at radius 2 is 2.07 bits per heavy atom. The van der Waals surface area contributed by atoms with Crippen molar-refractivity contribution in [1.29, 1.82) is 0 Å². The number of guanidine groups is 1. The zero-order valence-corrected chi connectivity index (χ0v) is 16.7. The van der Waals surface area contributed by atoms with Gasteiger partial charge in [-0.25, -0.2) is 0 Å². The summed E-state index contributed by atoms with van der Waals surface area (Å²) in [4.78, 5) is 21.6. The quantitative estimate of drug-likeness (QED) is 0.496. The fourth-order valence-corrected chi connectivity index (χ4v) is 3.25. The molecule has 3 rings (SSSR count). The molecule has 8 nitrogen and oxygen atoms in total. The molecule has 0 saturated carbocycles. The molecule has 28 heavy (non-hydrogen) atoms. The number of rotatable bonds is 7. The first-order valence-corrected chi connectivity index (χ1v) is 9.71. The van der Waals surface area contributed by atoms with Crippen LogP contribution in [0.2, 0.25) is 0 Å². The van der Waals surface area contributed by atoms with Crippen LogP contribution in [0.5, 0.6) is 11.5 Å². The topological polar surface area (TPSA) is 105 Å². The first-order chi connectivity index (χ1) is 13.5. The molecule has 0 unspecified atom stereocenters. The first-order valence-electron chi connectivity index (χ1n) is 9.71. The van der Waals surface area contributed by atoms with E-state index in [1.807, 2.05) is 26.0 Å². The summed E-state index contributed by atoms with van der Waals surface area (Å²) in [5, 5.41) is 3.44. The Labute approximate surface area is 165 Å². The van der Waals surface area contributed by atoms with Gasteiger partial charge < -0.3 is 25.5 Å². The second kappa shape index (κ2) is 8.97. The zero-order valence-electron chi connectivity index (χ0n) is 16.7. The van der Waals surface area contributed by atoms with Gasteiger partial charge in [0.1, 0.15) is 23.8 Å². The van der Waals surface area contributed by atoms with Crippen LogP contribution in [0, 0.1) is 0 Å². The Hall–Kier alpha value is -2.74. The number of fused-ring (bicyclic) bond motifs is 1. The van der Waals surface area contributed by atoms with Gasteiger partial charge in [-0.05, 0) is 45.8 Å². The number of H-pyrrole nitrogens is 1. The molecular formula is C20H29N5O3. The van der Waals surface area contributed by atoms with Crippen LogP contribution in [0.15, 0.2) is 23.2 Å². The molecule has 4 N–H and O–H groups in total. The maximum atomic E-state index is 12.3. The van der Waals surface area contributed by atoms with Crippen LogP contribution >= 0.6 is 0 Å². The third-order valence-corrected chi connectivity index (χ3v) is 4.62. The minimum absolute atomic E-state index is 0.00458. The lowest BCUT2D eigenvalue weighted by Gasteiger charge is -2.16. The molecule has 8 heteroatoms. The Morgan fingerprint density at radius 1 is 1.32 bits per heavy atom. The predicted molar refractivity (Wildman–Crippen MR) is 110 cm³/mol. The zero-order chi connectivity index (χ0) is 20.1. The molecule has 2 heterocycles. The number of benzene rings is 1. The van der Waals surface area contributed by atoms with E-state index < -0.39 is 5.91 Å². The van der Waals surface area contributed by atoms with Gasteiger partial charge in [-0.2, -0.15) is 4.99 Å². The van der Waals surface area contributed by atoms with Crippen LogP contribution in [-0.2, 0) is 0 Å². The molecule has 152 valence electrons. The van der Waals surface area contributed by atoms with Crippen molar-refractivity contribution >= 4 is 22.8 Å². The highest BCUT2D eigenvalue weighted by atomic mass is 16.5. The van der Waals surface area contributed by atoms with E-state index in [-0.39, 0.29) is 12.1 Å². The predicted octanol–water partition coefficient (Wildman–Crippen LogP) is 2.10. The van der Waals surface area contributed by atoms with Gasteiger partial charge in [0.2, 0.25) is 0 Å². The number of amides is 1. The Kier molecular flexibility index (Phi) is 6.41. The molecule has 1 aliphatic rings. The van der Waals surface area contributed by atoms with Crippen molar-refractivity contribution in [3.63, 3.8) is 0 Å². The van der Waals surface area contributed by atoms with E-state index in [1.165, 1.54) is 12.8 Å². The number of aromatic nitrogens is 1. The summed E-state index contributed by atoms with van der Waals surface area (Å²) < 4.78 is 11.9. The molecule has 0 radical (unpaired) electrons. The van der Waals surface area contributed by atoms with E-state index in [1.54, 1.807) is 13.1 Å². The van der Waals surface area contributed by atoms with Crippen LogP contribution in [0.4, 0.5) is 0 Å². The van der Waals surface area contributed by atoms with Crippen LogP contribution in [-0.4, -0.2) is 61.1 Å². The summed E-state index contributed by atoms with van der Waals surface area (Å²) in [5.41, 5.74) is 6.69. The molecular weight excluding hydrogens is 358 g/mol. The number of hydrogen-bond acceptors (Lipinski definition) is 4. The van der Waals surface area contributed by atoms with Crippen LogP contribution in [0.1, 0.15) is 37.2 Å². The van der Waals surface area contributed by atoms with Crippen molar-refractivity contribution < 1.29 is 14.3 Å². The van der Waals surface area contributed by atoms with Crippen molar-refractivity contribution in [3.8, 4) is 11.5 Å². The number of carbonyl (C=O) groups is 1. The highest BCUT2D eigenvalue weighted by Crippen LogP contribution is 2.33. The minimum Gasteiger partial charge on any atom is -0.492 e. The molecule has 0 spiro atoms. The molecule has 2 aromatic rings. The lowest BCUT2D eigenvalue weighted by atomic mass is 10.2.